The number of aromatic nitrogens is 2. The molecule has 0 aromatic carbocycles. The molecule has 5 heteroatoms. The van der Waals surface area contributed by atoms with Gasteiger partial charge in [0.2, 0.25) is 0 Å². The lowest BCUT2D eigenvalue weighted by molar-refractivity contribution is 0.0273. The van der Waals surface area contributed by atoms with Crippen molar-refractivity contribution in [3.63, 3.8) is 0 Å². The van der Waals surface area contributed by atoms with Gasteiger partial charge >= 0.3 is 0 Å². The fourth-order valence-corrected chi connectivity index (χ4v) is 2.23. The van der Waals surface area contributed by atoms with Crippen molar-refractivity contribution < 1.29 is 9.53 Å². The van der Waals surface area contributed by atoms with Crippen molar-refractivity contribution in [1.82, 2.24) is 15.5 Å². The predicted molar refractivity (Wildman–Crippen MR) is 68.4 cm³/mol. The predicted octanol–water partition coefficient (Wildman–Crippen LogP) is 1.88. The highest BCUT2D eigenvalue weighted by atomic mass is 16.5. The molecule has 1 aromatic heterocycles. The molecule has 1 aliphatic carbocycles. The summed E-state index contributed by atoms with van der Waals surface area (Å²) in [5, 5.41) is 9.20. The molecular weight excluding hydrogens is 230 g/mol. The number of amides is 1. The van der Waals surface area contributed by atoms with Gasteiger partial charge in [0.15, 0.2) is 0 Å². The Bertz CT molecular complexity index is 345. The second-order valence-corrected chi connectivity index (χ2v) is 4.73. The van der Waals surface area contributed by atoms with Gasteiger partial charge < -0.3 is 10.1 Å². The fourth-order valence-electron chi connectivity index (χ4n) is 2.23. The molecule has 0 bridgehead atoms. The van der Waals surface area contributed by atoms with E-state index in [9.17, 15) is 4.79 Å². The van der Waals surface area contributed by atoms with Crippen LogP contribution in [0.2, 0.25) is 0 Å². The van der Waals surface area contributed by atoms with Gasteiger partial charge in [0.1, 0.15) is 0 Å². The smallest absolute Gasteiger partial charge is 0.254 e. The number of carbonyl (C=O) groups excluding carboxylic acids is 1. The van der Waals surface area contributed by atoms with Gasteiger partial charge in [-0.2, -0.15) is 5.10 Å². The Kier molecular flexibility index (Phi) is 5.20. The van der Waals surface area contributed by atoms with E-state index in [0.29, 0.717) is 18.2 Å². The Labute approximate surface area is 107 Å². The van der Waals surface area contributed by atoms with E-state index in [-0.39, 0.29) is 5.91 Å². The van der Waals surface area contributed by atoms with Crippen molar-refractivity contribution in [2.75, 3.05) is 13.2 Å². The third kappa shape index (κ3) is 4.14. The van der Waals surface area contributed by atoms with Crippen LogP contribution >= 0.6 is 0 Å². The first kappa shape index (κ1) is 13.1. The first-order valence-corrected chi connectivity index (χ1v) is 6.75. The molecule has 0 atom stereocenters. The molecule has 1 amide bonds. The second kappa shape index (κ2) is 7.16. The lowest BCUT2D eigenvalue weighted by Crippen LogP contribution is -2.26. The van der Waals surface area contributed by atoms with Crippen LogP contribution in [-0.2, 0) is 4.74 Å². The molecule has 18 heavy (non-hydrogen) atoms. The summed E-state index contributed by atoms with van der Waals surface area (Å²) in [6, 6.07) is 0. The van der Waals surface area contributed by atoms with E-state index >= 15 is 0 Å². The van der Waals surface area contributed by atoms with E-state index in [4.69, 9.17) is 4.74 Å². The minimum atomic E-state index is -0.0820. The number of ether oxygens (including phenoxy) is 1. The third-order valence-corrected chi connectivity index (χ3v) is 3.27. The average molecular weight is 251 g/mol. The molecule has 0 radical (unpaired) electrons. The van der Waals surface area contributed by atoms with Crippen molar-refractivity contribution in [3.05, 3.63) is 18.0 Å². The Hall–Kier alpha value is -1.36. The molecule has 1 saturated carbocycles. The molecule has 1 aromatic rings. The van der Waals surface area contributed by atoms with Crippen LogP contribution in [0.3, 0.4) is 0 Å². The molecule has 1 fully saturated rings. The van der Waals surface area contributed by atoms with Crippen LogP contribution in [0.5, 0.6) is 0 Å². The summed E-state index contributed by atoms with van der Waals surface area (Å²) >= 11 is 0. The van der Waals surface area contributed by atoms with Crippen LogP contribution < -0.4 is 5.32 Å². The van der Waals surface area contributed by atoms with E-state index < -0.39 is 0 Å². The Morgan fingerprint density at radius 1 is 1.44 bits per heavy atom. The molecule has 100 valence electrons. The van der Waals surface area contributed by atoms with Crippen molar-refractivity contribution in [2.45, 2.75) is 44.6 Å². The summed E-state index contributed by atoms with van der Waals surface area (Å²) in [7, 11) is 0. The lowest BCUT2D eigenvalue weighted by Gasteiger charge is -2.21. The molecule has 0 aliphatic heterocycles. The zero-order valence-corrected chi connectivity index (χ0v) is 10.7. The van der Waals surface area contributed by atoms with Crippen molar-refractivity contribution in [2.24, 2.45) is 0 Å². The minimum absolute atomic E-state index is 0.0820. The van der Waals surface area contributed by atoms with Gasteiger partial charge in [-0.1, -0.05) is 19.3 Å². The topological polar surface area (TPSA) is 67.0 Å². The van der Waals surface area contributed by atoms with Gasteiger partial charge in [-0.05, 0) is 19.3 Å². The van der Waals surface area contributed by atoms with Crippen molar-refractivity contribution in [3.8, 4) is 0 Å². The molecule has 1 aliphatic rings. The number of hydrogen-bond donors (Lipinski definition) is 2. The van der Waals surface area contributed by atoms with Crippen LogP contribution in [0.15, 0.2) is 12.4 Å². The normalized spacial score (nSPS) is 16.7. The third-order valence-electron chi connectivity index (χ3n) is 3.27. The molecule has 0 unspecified atom stereocenters. The number of rotatable bonds is 6. The second-order valence-electron chi connectivity index (χ2n) is 4.73. The highest BCUT2D eigenvalue weighted by molar-refractivity contribution is 5.93. The summed E-state index contributed by atoms with van der Waals surface area (Å²) in [5.41, 5.74) is 0.572. The Balaban J connectivity index is 1.52. The molecule has 0 spiro atoms. The van der Waals surface area contributed by atoms with Gasteiger partial charge in [-0.25, -0.2) is 0 Å². The number of nitrogens with one attached hydrogen (secondary N) is 2. The Morgan fingerprint density at radius 3 is 3.00 bits per heavy atom. The van der Waals surface area contributed by atoms with Crippen LogP contribution in [0.25, 0.3) is 0 Å². The fraction of sp³-hybridized carbons (Fsp3) is 0.692. The molecule has 2 N–H and O–H groups in total. The maximum atomic E-state index is 11.6. The van der Waals surface area contributed by atoms with Gasteiger partial charge in [0.25, 0.3) is 5.91 Å². The number of carbonyl (C=O) groups is 1. The number of nitrogens with zero attached hydrogens (tertiary/aromatic N) is 1. The van der Waals surface area contributed by atoms with E-state index in [2.05, 4.69) is 15.5 Å². The van der Waals surface area contributed by atoms with Crippen LogP contribution in [0.1, 0.15) is 48.9 Å². The first-order valence-electron chi connectivity index (χ1n) is 6.75. The Morgan fingerprint density at radius 2 is 2.28 bits per heavy atom. The summed E-state index contributed by atoms with van der Waals surface area (Å²) in [4.78, 5) is 11.6. The summed E-state index contributed by atoms with van der Waals surface area (Å²) in [5.74, 6) is -0.0820. The summed E-state index contributed by atoms with van der Waals surface area (Å²) in [6.45, 7) is 1.38. The molecule has 1 heterocycles. The van der Waals surface area contributed by atoms with Gasteiger partial charge in [-0.3, -0.25) is 9.89 Å². The average Bonchev–Trinajstić information content (AvgIpc) is 2.93. The first-order chi connectivity index (χ1) is 8.86. The maximum Gasteiger partial charge on any atom is 0.254 e. The largest absolute Gasteiger partial charge is 0.378 e. The lowest BCUT2D eigenvalue weighted by atomic mass is 9.98. The van der Waals surface area contributed by atoms with E-state index in [1.54, 1.807) is 6.20 Å². The zero-order chi connectivity index (χ0) is 12.6. The summed E-state index contributed by atoms with van der Waals surface area (Å²) in [6.07, 6.45) is 10.7. The maximum absolute atomic E-state index is 11.6. The highest BCUT2D eigenvalue weighted by Gasteiger charge is 2.13. The van der Waals surface area contributed by atoms with Crippen LogP contribution in [-0.4, -0.2) is 35.4 Å². The summed E-state index contributed by atoms with van der Waals surface area (Å²) < 4.78 is 5.79. The number of hydrogen-bond acceptors (Lipinski definition) is 3. The quantitative estimate of drug-likeness (QED) is 0.759. The molecule has 2 rings (SSSR count). The minimum Gasteiger partial charge on any atom is -0.378 e. The van der Waals surface area contributed by atoms with Crippen molar-refractivity contribution in [1.29, 1.82) is 0 Å². The molecule has 5 nitrogen and oxygen atoms in total. The van der Waals surface area contributed by atoms with Crippen LogP contribution in [0, 0.1) is 0 Å². The van der Waals surface area contributed by atoms with E-state index in [1.165, 1.54) is 38.3 Å². The van der Waals surface area contributed by atoms with Crippen molar-refractivity contribution >= 4 is 5.91 Å². The number of aromatic amines is 1. The highest BCUT2D eigenvalue weighted by Crippen LogP contribution is 2.20. The van der Waals surface area contributed by atoms with E-state index in [1.807, 2.05) is 0 Å². The number of H-pyrrole nitrogens is 1. The molecular formula is C13H21N3O2. The van der Waals surface area contributed by atoms with Gasteiger partial charge in [0, 0.05) is 19.3 Å². The van der Waals surface area contributed by atoms with Gasteiger partial charge in [0.05, 0.1) is 17.9 Å². The van der Waals surface area contributed by atoms with Crippen LogP contribution in [0.4, 0.5) is 0 Å². The zero-order valence-electron chi connectivity index (χ0n) is 10.7. The SMILES string of the molecule is O=C(NCCCOC1CCCCC1)c1cn[nH]c1. The standard InChI is InChI=1S/C13H21N3O2/c17-13(11-9-15-16-10-11)14-7-4-8-18-12-5-2-1-3-6-12/h9-10,12H,1-8H2,(H,14,17)(H,15,16). The van der Waals surface area contributed by atoms with Gasteiger partial charge in [-0.15, -0.1) is 0 Å². The monoisotopic (exact) mass is 251 g/mol. The van der Waals surface area contributed by atoms with E-state index in [0.717, 1.165) is 13.0 Å². The molecule has 0 saturated heterocycles.